The number of piperidine rings is 1. The Morgan fingerprint density at radius 1 is 1.24 bits per heavy atom. The smallest absolute Gasteiger partial charge is 0.311 e. The van der Waals surface area contributed by atoms with E-state index in [0.717, 1.165) is 31.0 Å². The zero-order valence-electron chi connectivity index (χ0n) is 12.8. The molecule has 1 aromatic carbocycles. The van der Waals surface area contributed by atoms with Crippen molar-refractivity contribution < 1.29 is 13.2 Å². The van der Waals surface area contributed by atoms with E-state index >= 15 is 0 Å². The third-order valence-corrected chi connectivity index (χ3v) is 4.75. The highest BCUT2D eigenvalue weighted by molar-refractivity contribution is 5.26. The summed E-state index contributed by atoms with van der Waals surface area (Å²) < 4.78 is 38.3. The summed E-state index contributed by atoms with van der Waals surface area (Å²) in [5.74, 6) is 0.489. The molecule has 0 aromatic heterocycles. The highest BCUT2D eigenvalue weighted by Gasteiger charge is 2.35. The standard InChI is InChI=1S/C17H24F3N/c1-13(2)16(9-3-4-11-21-16)10-8-14-6-5-7-15(12-14)17(18,19)20/h5-7,12-13,21H,3-4,8-11H2,1-2H3. The van der Waals surface area contributed by atoms with E-state index in [1.165, 1.54) is 25.0 Å². The van der Waals surface area contributed by atoms with Gasteiger partial charge in [-0.2, -0.15) is 13.2 Å². The Morgan fingerprint density at radius 2 is 2.00 bits per heavy atom. The first kappa shape index (κ1) is 16.3. The molecule has 1 atom stereocenters. The first-order valence-corrected chi connectivity index (χ1v) is 7.75. The van der Waals surface area contributed by atoms with Gasteiger partial charge in [0.05, 0.1) is 5.56 Å². The molecule has 0 aliphatic carbocycles. The highest BCUT2D eigenvalue weighted by atomic mass is 19.4. The Labute approximate surface area is 124 Å². The Bertz CT molecular complexity index is 459. The van der Waals surface area contributed by atoms with Crippen molar-refractivity contribution in [1.29, 1.82) is 0 Å². The number of nitrogens with one attached hydrogen (secondary N) is 1. The predicted octanol–water partition coefficient (Wildman–Crippen LogP) is 4.81. The molecule has 0 amide bonds. The number of halogens is 3. The van der Waals surface area contributed by atoms with Gasteiger partial charge in [-0.1, -0.05) is 38.5 Å². The average Bonchev–Trinajstić information content (AvgIpc) is 2.45. The van der Waals surface area contributed by atoms with Crippen LogP contribution in [0.3, 0.4) is 0 Å². The molecule has 118 valence electrons. The topological polar surface area (TPSA) is 12.0 Å². The van der Waals surface area contributed by atoms with E-state index in [4.69, 9.17) is 0 Å². The summed E-state index contributed by atoms with van der Waals surface area (Å²) in [6.07, 6.45) is 0.839. The predicted molar refractivity (Wildman–Crippen MR) is 79.2 cm³/mol. The molecule has 0 bridgehead atoms. The maximum Gasteiger partial charge on any atom is 0.416 e. The van der Waals surface area contributed by atoms with Crippen molar-refractivity contribution in [3.05, 3.63) is 35.4 Å². The zero-order chi connectivity index (χ0) is 15.5. The Hall–Kier alpha value is -1.03. The molecule has 1 N–H and O–H groups in total. The first-order chi connectivity index (χ1) is 9.83. The molecule has 1 saturated heterocycles. The fourth-order valence-corrected chi connectivity index (χ4v) is 3.26. The van der Waals surface area contributed by atoms with Crippen molar-refractivity contribution in [2.24, 2.45) is 5.92 Å². The normalized spacial score (nSPS) is 23.5. The molecule has 2 rings (SSSR count). The minimum absolute atomic E-state index is 0.0759. The molecule has 0 radical (unpaired) electrons. The maximum atomic E-state index is 12.8. The molecular weight excluding hydrogens is 275 g/mol. The van der Waals surface area contributed by atoms with Gasteiger partial charge in [-0.3, -0.25) is 0 Å². The molecule has 4 heteroatoms. The van der Waals surface area contributed by atoms with Crippen LogP contribution in [0.5, 0.6) is 0 Å². The van der Waals surface area contributed by atoms with Gasteiger partial charge in [-0.05, 0) is 49.8 Å². The van der Waals surface area contributed by atoms with Crippen molar-refractivity contribution in [1.82, 2.24) is 5.32 Å². The van der Waals surface area contributed by atoms with Crippen LogP contribution in [0, 0.1) is 5.92 Å². The molecule has 1 nitrogen and oxygen atoms in total. The van der Waals surface area contributed by atoms with Gasteiger partial charge in [0, 0.05) is 5.54 Å². The van der Waals surface area contributed by atoms with Gasteiger partial charge in [0.1, 0.15) is 0 Å². The summed E-state index contributed by atoms with van der Waals surface area (Å²) in [5, 5.41) is 3.62. The van der Waals surface area contributed by atoms with Crippen LogP contribution in [0.25, 0.3) is 0 Å². The third-order valence-electron chi connectivity index (χ3n) is 4.75. The first-order valence-electron chi connectivity index (χ1n) is 7.75. The summed E-state index contributed by atoms with van der Waals surface area (Å²) in [7, 11) is 0. The maximum absolute atomic E-state index is 12.8. The summed E-state index contributed by atoms with van der Waals surface area (Å²) in [6, 6.07) is 5.73. The number of hydrogen-bond donors (Lipinski definition) is 1. The van der Waals surface area contributed by atoms with Crippen molar-refractivity contribution in [3.63, 3.8) is 0 Å². The number of benzene rings is 1. The molecule has 1 unspecified atom stereocenters. The van der Waals surface area contributed by atoms with Crippen molar-refractivity contribution in [2.45, 2.75) is 57.7 Å². The molecule has 1 aliphatic rings. The van der Waals surface area contributed by atoms with E-state index in [1.807, 2.05) is 0 Å². The van der Waals surface area contributed by atoms with Crippen LogP contribution in [-0.2, 0) is 12.6 Å². The van der Waals surface area contributed by atoms with Gasteiger partial charge in [0.15, 0.2) is 0 Å². The molecule has 0 saturated carbocycles. The lowest BCUT2D eigenvalue weighted by Gasteiger charge is -2.42. The van der Waals surface area contributed by atoms with Crippen molar-refractivity contribution >= 4 is 0 Å². The second kappa shape index (κ2) is 6.39. The lowest BCUT2D eigenvalue weighted by atomic mass is 9.75. The molecule has 0 spiro atoms. The monoisotopic (exact) mass is 299 g/mol. The molecule has 1 heterocycles. The van der Waals surface area contributed by atoms with Gasteiger partial charge >= 0.3 is 6.18 Å². The minimum atomic E-state index is -4.26. The molecule has 1 aromatic rings. The number of rotatable bonds is 4. The highest BCUT2D eigenvalue weighted by Crippen LogP contribution is 2.33. The van der Waals surface area contributed by atoms with E-state index in [9.17, 15) is 13.2 Å². The van der Waals surface area contributed by atoms with Gasteiger partial charge in [-0.15, -0.1) is 0 Å². The van der Waals surface area contributed by atoms with E-state index in [1.54, 1.807) is 6.07 Å². The molecular formula is C17H24F3N. The second-order valence-electron chi connectivity index (χ2n) is 6.39. The van der Waals surface area contributed by atoms with Crippen LogP contribution in [-0.4, -0.2) is 12.1 Å². The van der Waals surface area contributed by atoms with Gasteiger partial charge in [-0.25, -0.2) is 0 Å². The molecule has 1 aliphatic heterocycles. The van der Waals surface area contributed by atoms with Crippen LogP contribution in [0.4, 0.5) is 13.2 Å². The summed E-state index contributed by atoms with van der Waals surface area (Å²) >= 11 is 0. The second-order valence-corrected chi connectivity index (χ2v) is 6.39. The summed E-state index contributed by atoms with van der Waals surface area (Å²) in [4.78, 5) is 0. The number of alkyl halides is 3. The average molecular weight is 299 g/mol. The van der Waals surface area contributed by atoms with Crippen LogP contribution in [0.2, 0.25) is 0 Å². The SMILES string of the molecule is CC(C)C1(CCc2cccc(C(F)(F)F)c2)CCCCN1. The third kappa shape index (κ3) is 4.00. The minimum Gasteiger partial charge on any atom is -0.311 e. The molecule has 21 heavy (non-hydrogen) atoms. The van der Waals surface area contributed by atoms with E-state index in [0.29, 0.717) is 12.3 Å². The summed E-state index contributed by atoms with van der Waals surface area (Å²) in [6.45, 7) is 5.41. The van der Waals surface area contributed by atoms with Crippen molar-refractivity contribution in [3.8, 4) is 0 Å². The van der Waals surface area contributed by atoms with Gasteiger partial charge in [0.2, 0.25) is 0 Å². The lowest BCUT2D eigenvalue weighted by Crippen LogP contribution is -2.52. The van der Waals surface area contributed by atoms with Crippen LogP contribution in [0.15, 0.2) is 24.3 Å². The fourth-order valence-electron chi connectivity index (χ4n) is 3.26. The Morgan fingerprint density at radius 3 is 2.57 bits per heavy atom. The Balaban J connectivity index is 2.07. The van der Waals surface area contributed by atoms with E-state index in [-0.39, 0.29) is 5.54 Å². The van der Waals surface area contributed by atoms with Crippen LogP contribution < -0.4 is 5.32 Å². The van der Waals surface area contributed by atoms with Crippen molar-refractivity contribution in [2.75, 3.05) is 6.54 Å². The van der Waals surface area contributed by atoms with Crippen LogP contribution >= 0.6 is 0 Å². The van der Waals surface area contributed by atoms with Gasteiger partial charge < -0.3 is 5.32 Å². The fraction of sp³-hybridized carbons (Fsp3) is 0.647. The van der Waals surface area contributed by atoms with E-state index < -0.39 is 11.7 Å². The quantitative estimate of drug-likeness (QED) is 0.841. The number of hydrogen-bond acceptors (Lipinski definition) is 1. The zero-order valence-corrected chi connectivity index (χ0v) is 12.8. The van der Waals surface area contributed by atoms with E-state index in [2.05, 4.69) is 19.2 Å². The van der Waals surface area contributed by atoms with Crippen LogP contribution in [0.1, 0.15) is 50.7 Å². The van der Waals surface area contributed by atoms with Gasteiger partial charge in [0.25, 0.3) is 0 Å². The summed E-state index contributed by atoms with van der Waals surface area (Å²) in [5.41, 5.74) is 0.305. The lowest BCUT2D eigenvalue weighted by molar-refractivity contribution is -0.137. The number of aryl methyl sites for hydroxylation is 1. The largest absolute Gasteiger partial charge is 0.416 e. The molecule has 1 fully saturated rings. The Kier molecular flexibility index (Phi) is 4.97.